The summed E-state index contributed by atoms with van der Waals surface area (Å²) in [6, 6.07) is -0.337. The Morgan fingerprint density at radius 1 is 1.16 bits per heavy atom. The molecule has 10 nitrogen and oxygen atoms in total. The Kier molecular flexibility index (Phi) is 16.0. The number of epoxide rings is 1. The zero-order valence-electron chi connectivity index (χ0n) is 31.2. The van der Waals surface area contributed by atoms with Gasteiger partial charge in [0.2, 0.25) is 0 Å². The van der Waals surface area contributed by atoms with Gasteiger partial charge in [-0.3, -0.25) is 9.59 Å². The molecule has 1 saturated carbocycles. The van der Waals surface area contributed by atoms with E-state index < -0.39 is 41.5 Å². The van der Waals surface area contributed by atoms with Crippen molar-refractivity contribution in [1.82, 2.24) is 5.32 Å². The van der Waals surface area contributed by atoms with Crippen molar-refractivity contribution in [2.75, 3.05) is 13.7 Å². The number of allylic oxidation sites excluding steroid dienone is 2. The molecule has 11 atom stereocenters. The Morgan fingerprint density at radius 2 is 1.84 bits per heavy atom. The summed E-state index contributed by atoms with van der Waals surface area (Å²) in [5.41, 5.74) is -1.97. The van der Waals surface area contributed by atoms with Gasteiger partial charge in [0.25, 0.3) is 0 Å². The highest BCUT2D eigenvalue weighted by Crippen LogP contribution is 2.39. The summed E-state index contributed by atoms with van der Waals surface area (Å²) < 4.78 is 23.3. The van der Waals surface area contributed by atoms with Gasteiger partial charge in [-0.2, -0.15) is 0 Å². The molecule has 0 aromatic rings. The molecule has 1 aliphatic carbocycles. The lowest BCUT2D eigenvalue weighted by Gasteiger charge is -2.32. The van der Waals surface area contributed by atoms with E-state index in [2.05, 4.69) is 19.2 Å². The SMILES string of the molecule is CCC(OC)[C@@H](C)C1OC1C(NCC1CCCCCC1)C(C)(O)/C=C/C=C(\C)[C@H]1OC(=O)CC(O)CCC(C)(O)[C@@H](OC(C)=O)/C=C/C1C. The van der Waals surface area contributed by atoms with Crippen molar-refractivity contribution in [3.05, 3.63) is 36.0 Å². The first-order chi connectivity index (χ1) is 23.1. The van der Waals surface area contributed by atoms with Crippen LogP contribution in [0, 0.1) is 17.8 Å². The molecule has 1 saturated heterocycles. The fourth-order valence-electron chi connectivity index (χ4n) is 7.53. The van der Waals surface area contributed by atoms with Crippen LogP contribution in [0.15, 0.2) is 36.0 Å². The van der Waals surface area contributed by atoms with Crippen LogP contribution in [0.5, 0.6) is 0 Å². The molecule has 4 N–H and O–H groups in total. The number of rotatable bonds is 13. The lowest BCUT2D eigenvalue weighted by Crippen LogP contribution is -2.53. The number of methoxy groups -OCH3 is 1. The van der Waals surface area contributed by atoms with Crippen LogP contribution >= 0.6 is 0 Å². The van der Waals surface area contributed by atoms with Gasteiger partial charge in [-0.05, 0) is 77.0 Å². The Bertz CT molecular complexity index is 1140. The number of aliphatic hydroxyl groups excluding tert-OH is 1. The van der Waals surface area contributed by atoms with Crippen LogP contribution in [0.2, 0.25) is 0 Å². The van der Waals surface area contributed by atoms with Gasteiger partial charge in [-0.25, -0.2) is 0 Å². The van der Waals surface area contributed by atoms with E-state index in [1.807, 2.05) is 19.9 Å². The summed E-state index contributed by atoms with van der Waals surface area (Å²) in [4.78, 5) is 24.7. The maximum atomic E-state index is 12.9. The largest absolute Gasteiger partial charge is 0.457 e. The lowest BCUT2D eigenvalue weighted by molar-refractivity contribution is -0.157. The lowest BCUT2D eigenvalue weighted by atomic mass is 9.86. The predicted molar refractivity (Wildman–Crippen MR) is 190 cm³/mol. The molecule has 2 heterocycles. The number of nitrogens with one attached hydrogen (secondary N) is 1. The molecule has 2 fully saturated rings. The highest BCUT2D eigenvalue weighted by atomic mass is 16.6. The number of carbonyl (C=O) groups is 2. The van der Waals surface area contributed by atoms with Crippen molar-refractivity contribution in [1.29, 1.82) is 0 Å². The first kappa shape index (κ1) is 41.3. The number of hydrogen-bond acceptors (Lipinski definition) is 10. The van der Waals surface area contributed by atoms with Crippen LogP contribution in [0.3, 0.4) is 0 Å². The molecule has 280 valence electrons. The van der Waals surface area contributed by atoms with Crippen molar-refractivity contribution < 1.29 is 43.9 Å². The van der Waals surface area contributed by atoms with E-state index in [0.29, 0.717) is 5.92 Å². The van der Waals surface area contributed by atoms with Crippen molar-refractivity contribution >= 4 is 11.9 Å². The molecule has 0 aromatic heterocycles. The van der Waals surface area contributed by atoms with Crippen LogP contribution in [-0.2, 0) is 28.5 Å². The van der Waals surface area contributed by atoms with Gasteiger partial charge >= 0.3 is 11.9 Å². The summed E-state index contributed by atoms with van der Waals surface area (Å²) >= 11 is 0. The Morgan fingerprint density at radius 3 is 2.45 bits per heavy atom. The summed E-state index contributed by atoms with van der Waals surface area (Å²) in [5.74, 6) is -0.694. The molecule has 0 spiro atoms. The number of ether oxygens (including phenoxy) is 4. The fraction of sp³-hybridized carbons (Fsp3) is 0.795. The molecule has 0 bridgehead atoms. The Hall–Kier alpha value is -2.08. The molecule has 10 heteroatoms. The summed E-state index contributed by atoms with van der Waals surface area (Å²) in [7, 11) is 1.73. The van der Waals surface area contributed by atoms with Crippen molar-refractivity contribution in [3.8, 4) is 0 Å². The quantitative estimate of drug-likeness (QED) is 0.0657. The topological polar surface area (TPSA) is 147 Å². The van der Waals surface area contributed by atoms with Crippen LogP contribution < -0.4 is 5.32 Å². The predicted octanol–water partition coefficient (Wildman–Crippen LogP) is 5.33. The van der Waals surface area contributed by atoms with E-state index >= 15 is 0 Å². The van der Waals surface area contributed by atoms with Gasteiger partial charge in [-0.15, -0.1) is 0 Å². The maximum Gasteiger partial charge on any atom is 0.309 e. The van der Waals surface area contributed by atoms with Gasteiger partial charge in [0.05, 0.1) is 36.4 Å². The van der Waals surface area contributed by atoms with Crippen LogP contribution in [0.1, 0.15) is 113 Å². The molecular weight excluding hydrogens is 626 g/mol. The summed E-state index contributed by atoms with van der Waals surface area (Å²) in [5, 5.41) is 37.3. The fourth-order valence-corrected chi connectivity index (χ4v) is 7.53. The first-order valence-electron chi connectivity index (χ1n) is 18.5. The standard InChI is InChI=1S/C39H65NO9/c1-9-31(46-8)27(4)35-36(49-35)37(40-24-29-16-12-10-11-13-17-29)39(7,45)21-14-15-25(2)34-26(3)18-19-32(47-28(5)41)38(6,44)22-20-30(42)23-33(43)48-34/h14-15,18-19,21,26-27,29-32,34-37,40,42,44-45H,9-13,16-17,20,22-24H2,1-8H3/b19-18+,21-14+,25-15+/t26?,27-,30?,31?,32+,34-,35?,36?,37?,38?,39?/m1/s1. The minimum absolute atomic E-state index is 0.0242. The summed E-state index contributed by atoms with van der Waals surface area (Å²) in [6.07, 6.45) is 14.4. The van der Waals surface area contributed by atoms with Crippen LogP contribution in [-0.4, -0.2) is 94.8 Å². The number of esters is 2. The summed E-state index contributed by atoms with van der Waals surface area (Å²) in [6.45, 7) is 13.4. The highest BCUT2D eigenvalue weighted by molar-refractivity contribution is 5.70. The van der Waals surface area contributed by atoms with E-state index in [-0.39, 0.29) is 55.5 Å². The minimum atomic E-state index is -1.44. The second-order valence-corrected chi connectivity index (χ2v) is 15.3. The van der Waals surface area contributed by atoms with Crippen LogP contribution in [0.4, 0.5) is 0 Å². The molecule has 0 aromatic carbocycles. The third kappa shape index (κ3) is 12.6. The van der Waals surface area contributed by atoms with Crippen molar-refractivity contribution in [2.45, 2.75) is 167 Å². The molecule has 3 aliphatic rings. The smallest absolute Gasteiger partial charge is 0.309 e. The Labute approximate surface area is 294 Å². The third-order valence-corrected chi connectivity index (χ3v) is 10.8. The Balaban J connectivity index is 1.84. The van der Waals surface area contributed by atoms with Gasteiger partial charge in [0, 0.05) is 25.9 Å². The number of hydrogen-bond donors (Lipinski definition) is 4. The van der Waals surface area contributed by atoms with Crippen molar-refractivity contribution in [2.24, 2.45) is 17.8 Å². The average Bonchev–Trinajstić information content (AvgIpc) is 3.85. The molecular formula is C39H65NO9. The second kappa shape index (κ2) is 19.0. The van der Waals surface area contributed by atoms with Gasteiger partial charge in [0.15, 0.2) is 0 Å². The van der Waals surface area contributed by atoms with E-state index in [0.717, 1.165) is 18.5 Å². The third-order valence-electron chi connectivity index (χ3n) is 10.8. The maximum absolute atomic E-state index is 12.9. The van der Waals surface area contributed by atoms with E-state index in [4.69, 9.17) is 18.9 Å². The number of cyclic esters (lactones) is 1. The number of carbonyl (C=O) groups excluding carboxylic acids is 2. The molecule has 0 radical (unpaired) electrons. The molecule has 8 unspecified atom stereocenters. The molecule has 0 amide bonds. The van der Waals surface area contributed by atoms with E-state index in [1.54, 1.807) is 45.3 Å². The van der Waals surface area contributed by atoms with Crippen LogP contribution in [0.25, 0.3) is 0 Å². The zero-order valence-corrected chi connectivity index (χ0v) is 31.2. The first-order valence-corrected chi connectivity index (χ1v) is 18.5. The molecule has 49 heavy (non-hydrogen) atoms. The number of aliphatic hydroxyl groups is 3. The van der Waals surface area contributed by atoms with Crippen molar-refractivity contribution in [3.63, 3.8) is 0 Å². The molecule has 2 aliphatic heterocycles. The van der Waals surface area contributed by atoms with Gasteiger partial charge in [-0.1, -0.05) is 70.8 Å². The minimum Gasteiger partial charge on any atom is -0.457 e. The highest BCUT2D eigenvalue weighted by Gasteiger charge is 2.54. The average molecular weight is 692 g/mol. The zero-order chi connectivity index (χ0) is 36.4. The normalized spacial score (nSPS) is 34.8. The van der Waals surface area contributed by atoms with Gasteiger partial charge < -0.3 is 39.6 Å². The van der Waals surface area contributed by atoms with E-state index in [9.17, 15) is 24.9 Å². The monoisotopic (exact) mass is 691 g/mol. The van der Waals surface area contributed by atoms with Gasteiger partial charge in [0.1, 0.15) is 23.9 Å². The molecule has 3 rings (SSSR count). The second-order valence-electron chi connectivity index (χ2n) is 15.3. The van der Waals surface area contributed by atoms with E-state index in [1.165, 1.54) is 45.4 Å².